The van der Waals surface area contributed by atoms with Gasteiger partial charge in [-0.2, -0.15) is 0 Å². The molecule has 3 nitrogen and oxygen atoms in total. The Morgan fingerprint density at radius 2 is 2.05 bits per heavy atom. The lowest BCUT2D eigenvalue weighted by molar-refractivity contribution is -0.121. The molecule has 4 heteroatoms. The van der Waals surface area contributed by atoms with Crippen molar-refractivity contribution in [2.75, 3.05) is 6.54 Å². The van der Waals surface area contributed by atoms with Gasteiger partial charge in [0.25, 0.3) is 0 Å². The molecular weight excluding hydrogens is 270 g/mol. The van der Waals surface area contributed by atoms with Crippen molar-refractivity contribution in [3.8, 4) is 0 Å². The summed E-state index contributed by atoms with van der Waals surface area (Å²) in [5.41, 5.74) is 2.22. The predicted molar refractivity (Wildman–Crippen MR) is 81.8 cm³/mol. The number of aliphatic hydroxyl groups excluding tert-OH is 1. The summed E-state index contributed by atoms with van der Waals surface area (Å²) in [7, 11) is 0. The molecule has 1 aromatic carbocycles. The van der Waals surface area contributed by atoms with Gasteiger partial charge in [-0.15, -0.1) is 11.3 Å². The highest BCUT2D eigenvalue weighted by atomic mass is 32.1. The molecule has 0 aliphatic rings. The number of hydrogen-bond acceptors (Lipinski definition) is 3. The van der Waals surface area contributed by atoms with Crippen LogP contribution in [0.4, 0.5) is 0 Å². The van der Waals surface area contributed by atoms with Crippen molar-refractivity contribution >= 4 is 17.2 Å². The van der Waals surface area contributed by atoms with Gasteiger partial charge in [0.15, 0.2) is 0 Å². The standard InChI is InChI=1S/C16H19NO2S/c1-12-9-10-20-16(12)14(18)11-17-15(19)8-7-13-5-3-2-4-6-13/h2-6,9-10,14,18H,7-8,11H2,1H3,(H,17,19)/t14-/m1/s1. The third-order valence-corrected chi connectivity index (χ3v) is 4.30. The van der Waals surface area contributed by atoms with E-state index in [9.17, 15) is 9.90 Å². The van der Waals surface area contributed by atoms with Crippen LogP contribution in [0.5, 0.6) is 0 Å². The maximum atomic E-state index is 11.8. The number of aliphatic hydroxyl groups is 1. The van der Waals surface area contributed by atoms with E-state index in [0.717, 1.165) is 22.4 Å². The van der Waals surface area contributed by atoms with E-state index in [2.05, 4.69) is 5.32 Å². The minimum absolute atomic E-state index is 0.0258. The molecule has 106 valence electrons. The lowest BCUT2D eigenvalue weighted by Gasteiger charge is -2.11. The lowest BCUT2D eigenvalue weighted by atomic mass is 10.1. The number of benzene rings is 1. The maximum absolute atomic E-state index is 11.8. The van der Waals surface area contributed by atoms with Gasteiger partial charge in [-0.3, -0.25) is 4.79 Å². The average molecular weight is 289 g/mol. The normalized spacial score (nSPS) is 12.1. The van der Waals surface area contributed by atoms with Gasteiger partial charge >= 0.3 is 0 Å². The summed E-state index contributed by atoms with van der Waals surface area (Å²) in [4.78, 5) is 12.7. The zero-order chi connectivity index (χ0) is 14.4. The first-order valence-corrected chi connectivity index (χ1v) is 7.57. The van der Waals surface area contributed by atoms with Crippen LogP contribution in [0.25, 0.3) is 0 Å². The highest BCUT2D eigenvalue weighted by Crippen LogP contribution is 2.23. The first kappa shape index (κ1) is 14.8. The number of amides is 1. The second-order valence-electron chi connectivity index (χ2n) is 4.77. The molecule has 0 saturated carbocycles. The zero-order valence-corrected chi connectivity index (χ0v) is 12.3. The van der Waals surface area contributed by atoms with Gasteiger partial charge < -0.3 is 10.4 Å². The Balaban J connectivity index is 1.74. The van der Waals surface area contributed by atoms with E-state index in [0.29, 0.717) is 6.42 Å². The maximum Gasteiger partial charge on any atom is 0.220 e. The molecule has 0 radical (unpaired) electrons. The SMILES string of the molecule is Cc1ccsc1[C@H](O)CNC(=O)CCc1ccccc1. The van der Waals surface area contributed by atoms with Crippen molar-refractivity contribution < 1.29 is 9.90 Å². The van der Waals surface area contributed by atoms with Crippen LogP contribution in [-0.4, -0.2) is 17.6 Å². The highest BCUT2D eigenvalue weighted by molar-refractivity contribution is 7.10. The smallest absolute Gasteiger partial charge is 0.220 e. The molecule has 0 saturated heterocycles. The van der Waals surface area contributed by atoms with Crippen molar-refractivity contribution in [2.45, 2.75) is 25.9 Å². The molecule has 0 bridgehead atoms. The fourth-order valence-corrected chi connectivity index (χ4v) is 2.93. The topological polar surface area (TPSA) is 49.3 Å². The van der Waals surface area contributed by atoms with Gasteiger partial charge in [0.2, 0.25) is 5.91 Å². The van der Waals surface area contributed by atoms with Gasteiger partial charge in [-0.25, -0.2) is 0 Å². The highest BCUT2D eigenvalue weighted by Gasteiger charge is 2.12. The largest absolute Gasteiger partial charge is 0.386 e. The molecule has 0 aliphatic heterocycles. The molecule has 20 heavy (non-hydrogen) atoms. The van der Waals surface area contributed by atoms with E-state index < -0.39 is 6.10 Å². The Bertz CT molecular complexity index is 551. The van der Waals surface area contributed by atoms with E-state index in [1.54, 1.807) is 0 Å². The van der Waals surface area contributed by atoms with Crippen molar-refractivity contribution in [3.63, 3.8) is 0 Å². The number of nitrogens with one attached hydrogen (secondary N) is 1. The fourth-order valence-electron chi connectivity index (χ4n) is 2.02. The second-order valence-corrected chi connectivity index (χ2v) is 5.72. The minimum Gasteiger partial charge on any atom is -0.386 e. The van der Waals surface area contributed by atoms with E-state index >= 15 is 0 Å². The third-order valence-electron chi connectivity index (χ3n) is 3.18. The van der Waals surface area contributed by atoms with Crippen LogP contribution in [0.15, 0.2) is 41.8 Å². The van der Waals surface area contributed by atoms with Gasteiger partial charge in [0.05, 0.1) is 0 Å². The van der Waals surface area contributed by atoms with Crippen LogP contribution >= 0.6 is 11.3 Å². The second kappa shape index (κ2) is 7.22. The Labute approximate surface area is 123 Å². The van der Waals surface area contributed by atoms with Crippen LogP contribution < -0.4 is 5.32 Å². The lowest BCUT2D eigenvalue weighted by Crippen LogP contribution is -2.28. The van der Waals surface area contributed by atoms with Gasteiger partial charge in [-0.1, -0.05) is 30.3 Å². The Morgan fingerprint density at radius 1 is 1.30 bits per heavy atom. The van der Waals surface area contributed by atoms with Crippen molar-refractivity contribution in [3.05, 3.63) is 57.8 Å². The molecule has 2 aromatic rings. The van der Waals surface area contributed by atoms with Crippen molar-refractivity contribution in [2.24, 2.45) is 0 Å². The summed E-state index contributed by atoms with van der Waals surface area (Å²) in [5.74, 6) is -0.0258. The van der Waals surface area contributed by atoms with E-state index in [-0.39, 0.29) is 12.5 Å². The van der Waals surface area contributed by atoms with E-state index in [1.165, 1.54) is 11.3 Å². The number of carbonyl (C=O) groups excluding carboxylic acids is 1. The minimum atomic E-state index is -0.615. The van der Waals surface area contributed by atoms with Crippen molar-refractivity contribution in [1.82, 2.24) is 5.32 Å². The average Bonchev–Trinajstić information content (AvgIpc) is 2.90. The molecule has 1 heterocycles. The summed E-state index contributed by atoms with van der Waals surface area (Å²) in [6.45, 7) is 2.24. The summed E-state index contributed by atoms with van der Waals surface area (Å²) in [5, 5.41) is 14.8. The number of aryl methyl sites for hydroxylation is 2. The summed E-state index contributed by atoms with van der Waals surface area (Å²) < 4.78 is 0. The molecule has 0 fully saturated rings. The number of thiophene rings is 1. The molecule has 2 N–H and O–H groups in total. The van der Waals surface area contributed by atoms with Crippen LogP contribution in [0, 0.1) is 6.92 Å². The number of rotatable bonds is 6. The molecule has 1 aromatic heterocycles. The quantitative estimate of drug-likeness (QED) is 0.859. The Hall–Kier alpha value is -1.65. The Kier molecular flexibility index (Phi) is 5.32. The first-order valence-electron chi connectivity index (χ1n) is 6.69. The van der Waals surface area contributed by atoms with Crippen LogP contribution in [0.3, 0.4) is 0 Å². The van der Waals surface area contributed by atoms with E-state index in [1.807, 2.05) is 48.7 Å². The molecule has 1 atom stereocenters. The molecule has 1 amide bonds. The van der Waals surface area contributed by atoms with Gasteiger partial charge in [0, 0.05) is 17.8 Å². The molecular formula is C16H19NO2S. The van der Waals surface area contributed by atoms with Gasteiger partial charge in [0.1, 0.15) is 6.10 Å². The summed E-state index contributed by atoms with van der Waals surface area (Å²) >= 11 is 1.52. The van der Waals surface area contributed by atoms with Crippen LogP contribution in [0.2, 0.25) is 0 Å². The molecule has 0 unspecified atom stereocenters. The first-order chi connectivity index (χ1) is 9.66. The summed E-state index contributed by atoms with van der Waals surface area (Å²) in [6, 6.07) is 11.9. The molecule has 0 aliphatic carbocycles. The predicted octanol–water partition coefficient (Wildman–Crippen LogP) is 2.84. The Morgan fingerprint density at radius 3 is 2.70 bits per heavy atom. The third kappa shape index (κ3) is 4.18. The summed E-state index contributed by atoms with van der Waals surface area (Å²) in [6.07, 6.45) is 0.552. The number of hydrogen-bond donors (Lipinski definition) is 2. The van der Waals surface area contributed by atoms with Crippen LogP contribution in [-0.2, 0) is 11.2 Å². The van der Waals surface area contributed by atoms with Gasteiger partial charge in [-0.05, 0) is 35.9 Å². The van der Waals surface area contributed by atoms with Crippen LogP contribution in [0.1, 0.15) is 28.5 Å². The molecule has 0 spiro atoms. The molecule has 2 rings (SSSR count). The monoisotopic (exact) mass is 289 g/mol. The van der Waals surface area contributed by atoms with Crippen molar-refractivity contribution in [1.29, 1.82) is 0 Å². The fraction of sp³-hybridized carbons (Fsp3) is 0.312. The van der Waals surface area contributed by atoms with E-state index in [4.69, 9.17) is 0 Å². The number of carbonyl (C=O) groups is 1. The zero-order valence-electron chi connectivity index (χ0n) is 11.5.